The van der Waals surface area contributed by atoms with Gasteiger partial charge in [-0.25, -0.2) is 24.5 Å². The van der Waals surface area contributed by atoms with Gasteiger partial charge in [0.15, 0.2) is 0 Å². The molecule has 0 aliphatic carbocycles. The number of rotatable bonds is 11. The number of methoxy groups -OCH3 is 2. The van der Waals surface area contributed by atoms with Crippen LogP contribution >= 0.6 is 0 Å². The van der Waals surface area contributed by atoms with Crippen molar-refractivity contribution in [3.05, 3.63) is 78.6 Å². The maximum atomic E-state index is 13.9. The lowest BCUT2D eigenvalue weighted by Crippen LogP contribution is -2.58. The van der Waals surface area contributed by atoms with Crippen molar-refractivity contribution in [2.75, 3.05) is 40.4 Å². The highest BCUT2D eigenvalue weighted by atomic mass is 16.5. The molecule has 17 nitrogen and oxygen atoms in total. The quantitative estimate of drug-likeness (QED) is 0.125. The van der Waals surface area contributed by atoms with E-state index < -0.39 is 30.3 Å². The first kappa shape index (κ1) is 43.3. The minimum absolute atomic E-state index is 0.0947. The van der Waals surface area contributed by atoms with Crippen LogP contribution in [0.1, 0.15) is 71.2 Å². The molecule has 326 valence electrons. The largest absolute Gasteiger partial charge is 0.453 e. The van der Waals surface area contributed by atoms with Crippen LogP contribution in [0.2, 0.25) is 0 Å². The van der Waals surface area contributed by atoms with E-state index in [1.807, 2.05) is 76.2 Å². The van der Waals surface area contributed by atoms with Gasteiger partial charge in [-0.1, -0.05) is 64.1 Å². The first-order chi connectivity index (χ1) is 29.8. The summed E-state index contributed by atoms with van der Waals surface area (Å²) in [6, 6.07) is 15.7. The highest BCUT2D eigenvalue weighted by Crippen LogP contribution is 2.34. The van der Waals surface area contributed by atoms with Crippen molar-refractivity contribution >= 4 is 40.8 Å². The van der Waals surface area contributed by atoms with Gasteiger partial charge in [0.1, 0.15) is 29.8 Å². The van der Waals surface area contributed by atoms with Crippen LogP contribution < -0.4 is 10.6 Å². The summed E-state index contributed by atoms with van der Waals surface area (Å²) >= 11 is 0. The fourth-order valence-electron chi connectivity index (χ4n) is 8.22. The Labute approximate surface area is 360 Å². The molecule has 4 atom stereocenters. The third kappa shape index (κ3) is 9.11. The van der Waals surface area contributed by atoms with E-state index in [9.17, 15) is 24.0 Å². The van der Waals surface area contributed by atoms with E-state index in [0.717, 1.165) is 57.5 Å². The summed E-state index contributed by atoms with van der Waals surface area (Å²) in [7, 11) is 2.54. The van der Waals surface area contributed by atoms with Crippen molar-refractivity contribution in [3.8, 4) is 33.8 Å². The first-order valence-electron chi connectivity index (χ1n) is 20.9. The van der Waals surface area contributed by atoms with Crippen LogP contribution in [-0.4, -0.2) is 122 Å². The van der Waals surface area contributed by atoms with Gasteiger partial charge >= 0.3 is 12.2 Å². The van der Waals surface area contributed by atoms with Crippen molar-refractivity contribution < 1.29 is 33.4 Å². The Balaban J connectivity index is 1.05. The van der Waals surface area contributed by atoms with E-state index >= 15 is 0 Å². The minimum atomic E-state index is -0.817. The van der Waals surface area contributed by atoms with Crippen LogP contribution in [0.5, 0.6) is 0 Å². The number of pyridine rings is 1. The summed E-state index contributed by atoms with van der Waals surface area (Å²) in [6.07, 6.45) is 3.77. The third-order valence-corrected chi connectivity index (χ3v) is 11.7. The van der Waals surface area contributed by atoms with Crippen LogP contribution in [0.25, 0.3) is 44.7 Å². The predicted octanol–water partition coefficient (Wildman–Crippen LogP) is 5.84. The SMILES string of the molecule is COC(=O)NC(C(=O)N1CCC[C@H]1c1ncc(-c2ccc3nc(-c4ccc(-c5cnc([C@@H]6CN(C(C)=O)CCN6C(=O)[C@@H](NC(=O)OC)C(C)C)[nH]5)cc4)ccc3c2)[nH]1)C(C)C. The zero-order valence-electron chi connectivity index (χ0n) is 36.1. The van der Waals surface area contributed by atoms with Gasteiger partial charge in [0.25, 0.3) is 0 Å². The number of aromatic amines is 2. The van der Waals surface area contributed by atoms with Gasteiger partial charge in [0.2, 0.25) is 17.7 Å². The van der Waals surface area contributed by atoms with Crippen molar-refractivity contribution in [1.29, 1.82) is 0 Å². The minimum Gasteiger partial charge on any atom is -0.453 e. The van der Waals surface area contributed by atoms with E-state index in [0.29, 0.717) is 24.7 Å². The van der Waals surface area contributed by atoms with Crippen LogP contribution in [0.4, 0.5) is 9.59 Å². The normalized spacial score (nSPS) is 17.6. The number of H-pyrrole nitrogens is 2. The molecule has 0 saturated carbocycles. The number of amides is 5. The summed E-state index contributed by atoms with van der Waals surface area (Å²) in [5.41, 5.74) is 5.94. The number of fused-ring (bicyclic) bond motifs is 1. The first-order valence-corrected chi connectivity index (χ1v) is 20.9. The maximum absolute atomic E-state index is 13.9. The highest BCUT2D eigenvalue weighted by Gasteiger charge is 2.40. The predicted molar refractivity (Wildman–Crippen MR) is 231 cm³/mol. The maximum Gasteiger partial charge on any atom is 0.407 e. The smallest absolute Gasteiger partial charge is 0.407 e. The molecule has 5 heterocycles. The second-order valence-corrected chi connectivity index (χ2v) is 16.5. The van der Waals surface area contributed by atoms with Gasteiger partial charge < -0.3 is 44.8 Å². The van der Waals surface area contributed by atoms with Gasteiger partial charge in [-0.05, 0) is 48.4 Å². The molecule has 7 rings (SSSR count). The Bertz CT molecular complexity index is 2440. The molecule has 62 heavy (non-hydrogen) atoms. The summed E-state index contributed by atoms with van der Waals surface area (Å²) in [5.74, 6) is 0.380. The fourth-order valence-corrected chi connectivity index (χ4v) is 8.22. The van der Waals surface area contributed by atoms with Gasteiger partial charge in [-0.2, -0.15) is 0 Å². The Kier molecular flexibility index (Phi) is 12.9. The average Bonchev–Trinajstić information content (AvgIpc) is 4.08. The number of imidazole rings is 2. The summed E-state index contributed by atoms with van der Waals surface area (Å²) in [4.78, 5) is 90.3. The number of nitrogens with one attached hydrogen (secondary N) is 4. The number of benzene rings is 2. The van der Waals surface area contributed by atoms with Crippen molar-refractivity contribution in [1.82, 2.24) is 50.3 Å². The number of alkyl carbamates (subject to hydrolysis) is 2. The van der Waals surface area contributed by atoms with Crippen molar-refractivity contribution in [2.24, 2.45) is 11.8 Å². The standard InChI is InChI=1S/C45H54N10O7/c1-25(2)38(51-44(59)61-6)42(57)54-18-8-9-36(54)40-46-23-35(50-40)31-15-17-33-30(21-31)14-16-32(48-33)28-10-12-29(13-11-28)34-22-47-41(49-34)37-24-53(27(5)56)19-20-55(37)43(58)39(26(3)4)52-45(60)62-7/h10-17,21-23,25-26,36-39H,8-9,18-20,24H2,1-7H3,(H,46,50)(H,47,49)(H,51,59)(H,52,60)/t36-,37-,38?,39-/m0/s1. The summed E-state index contributed by atoms with van der Waals surface area (Å²) < 4.78 is 9.54. The molecule has 5 amide bonds. The van der Waals surface area contributed by atoms with Gasteiger partial charge in [0.05, 0.1) is 55.3 Å². The number of nitrogens with zero attached hydrogens (tertiary/aromatic N) is 6. The van der Waals surface area contributed by atoms with Crippen LogP contribution in [0, 0.1) is 11.8 Å². The molecule has 17 heteroatoms. The molecule has 5 aromatic rings. The molecular formula is C45H54N10O7. The fraction of sp³-hybridized carbons (Fsp3) is 0.422. The molecule has 1 unspecified atom stereocenters. The molecule has 2 fully saturated rings. The van der Waals surface area contributed by atoms with E-state index in [-0.39, 0.29) is 48.7 Å². The Hall–Kier alpha value is -6.78. The van der Waals surface area contributed by atoms with E-state index in [4.69, 9.17) is 14.5 Å². The monoisotopic (exact) mass is 846 g/mol. The number of ether oxygens (including phenoxy) is 2. The molecule has 4 N–H and O–H groups in total. The number of hydrogen-bond donors (Lipinski definition) is 4. The number of aromatic nitrogens is 5. The second kappa shape index (κ2) is 18.5. The molecule has 2 aliphatic rings. The number of carbonyl (C=O) groups excluding carboxylic acids is 5. The molecule has 2 aromatic carbocycles. The number of carbonyl (C=O) groups is 5. The van der Waals surface area contributed by atoms with E-state index in [2.05, 4.69) is 36.6 Å². The molecular weight excluding hydrogens is 793 g/mol. The molecule has 0 bridgehead atoms. The molecule has 2 saturated heterocycles. The van der Waals surface area contributed by atoms with Crippen LogP contribution in [0.15, 0.2) is 67.0 Å². The lowest BCUT2D eigenvalue weighted by atomic mass is 10.0. The number of likely N-dealkylation sites (tertiary alicyclic amines) is 1. The van der Waals surface area contributed by atoms with Crippen LogP contribution in [0.3, 0.4) is 0 Å². The van der Waals surface area contributed by atoms with E-state index in [1.54, 1.807) is 27.1 Å². The van der Waals surface area contributed by atoms with Crippen molar-refractivity contribution in [3.63, 3.8) is 0 Å². The average molecular weight is 847 g/mol. The zero-order chi connectivity index (χ0) is 44.2. The zero-order valence-corrected chi connectivity index (χ0v) is 36.1. The van der Waals surface area contributed by atoms with E-state index in [1.165, 1.54) is 21.1 Å². The lowest BCUT2D eigenvalue weighted by Gasteiger charge is -2.42. The Morgan fingerprint density at radius 3 is 1.82 bits per heavy atom. The number of piperazine rings is 1. The summed E-state index contributed by atoms with van der Waals surface area (Å²) in [6.45, 7) is 10.5. The number of hydrogen-bond acceptors (Lipinski definition) is 10. The molecule has 0 radical (unpaired) electrons. The summed E-state index contributed by atoms with van der Waals surface area (Å²) in [5, 5.41) is 6.31. The van der Waals surface area contributed by atoms with Crippen LogP contribution in [-0.2, 0) is 23.9 Å². The third-order valence-electron chi connectivity index (χ3n) is 11.7. The highest BCUT2D eigenvalue weighted by molar-refractivity contribution is 5.88. The molecule has 0 spiro atoms. The van der Waals surface area contributed by atoms with Gasteiger partial charge in [0, 0.05) is 49.6 Å². The second-order valence-electron chi connectivity index (χ2n) is 16.5. The lowest BCUT2D eigenvalue weighted by molar-refractivity contribution is -0.144. The molecule has 3 aromatic heterocycles. The van der Waals surface area contributed by atoms with Gasteiger partial charge in [-0.3, -0.25) is 14.4 Å². The van der Waals surface area contributed by atoms with Crippen molar-refractivity contribution in [2.45, 2.75) is 71.6 Å². The Morgan fingerprint density at radius 2 is 1.24 bits per heavy atom. The molecule has 2 aliphatic heterocycles. The topological polar surface area (TPSA) is 208 Å². The van der Waals surface area contributed by atoms with Gasteiger partial charge in [-0.15, -0.1) is 0 Å². The Morgan fingerprint density at radius 1 is 0.694 bits per heavy atom.